The summed E-state index contributed by atoms with van der Waals surface area (Å²) in [6.07, 6.45) is 1.57. The quantitative estimate of drug-likeness (QED) is 0.891. The molecule has 0 bridgehead atoms. The third kappa shape index (κ3) is 2.73. The molecule has 0 aromatic carbocycles. The van der Waals surface area contributed by atoms with Crippen LogP contribution in [0.15, 0.2) is 12.3 Å². The molecule has 1 fully saturated rings. The Bertz CT molecular complexity index is 457. The number of carbonyl (C=O) groups is 1. The number of carboxylic acid groups (broad SMARTS) is 1. The molecule has 0 saturated carbocycles. The van der Waals surface area contributed by atoms with E-state index in [-0.39, 0.29) is 22.8 Å². The van der Waals surface area contributed by atoms with Crippen molar-refractivity contribution in [3.63, 3.8) is 0 Å². The molecule has 5 nitrogen and oxygen atoms in total. The Hall–Kier alpha value is -1.33. The zero-order valence-electron chi connectivity index (χ0n) is 10.3. The lowest BCUT2D eigenvalue weighted by molar-refractivity contribution is -0.00545. The summed E-state index contributed by atoms with van der Waals surface area (Å²) in [4.78, 5) is 17.2. The first-order chi connectivity index (χ1) is 8.47. The van der Waals surface area contributed by atoms with Crippen molar-refractivity contribution in [1.29, 1.82) is 0 Å². The summed E-state index contributed by atoms with van der Waals surface area (Å²) >= 11 is 5.80. The Morgan fingerprint density at radius 3 is 2.67 bits per heavy atom. The second-order valence-corrected chi connectivity index (χ2v) is 4.90. The Morgan fingerprint density at radius 2 is 2.11 bits per heavy atom. The minimum absolute atomic E-state index is 0.0773. The van der Waals surface area contributed by atoms with Crippen LogP contribution in [0.4, 0.5) is 5.82 Å². The summed E-state index contributed by atoms with van der Waals surface area (Å²) in [7, 11) is 0. The Morgan fingerprint density at radius 1 is 1.50 bits per heavy atom. The maximum absolute atomic E-state index is 11.0. The normalized spacial score (nSPS) is 24.1. The van der Waals surface area contributed by atoms with Gasteiger partial charge >= 0.3 is 5.97 Å². The monoisotopic (exact) mass is 270 g/mol. The van der Waals surface area contributed by atoms with Crippen molar-refractivity contribution in [2.24, 2.45) is 0 Å². The first kappa shape index (κ1) is 13.1. The molecule has 0 spiro atoms. The molecule has 1 aliphatic rings. The number of rotatable bonds is 2. The molecule has 2 atom stereocenters. The summed E-state index contributed by atoms with van der Waals surface area (Å²) in [6.45, 7) is 5.35. The average molecular weight is 271 g/mol. The smallest absolute Gasteiger partial charge is 0.337 e. The lowest BCUT2D eigenvalue weighted by atomic mass is 10.2. The molecule has 6 heteroatoms. The van der Waals surface area contributed by atoms with Crippen LogP contribution in [0.5, 0.6) is 0 Å². The molecule has 2 heterocycles. The topological polar surface area (TPSA) is 62.7 Å². The molecule has 1 saturated heterocycles. The molecule has 1 N–H and O–H groups in total. The number of ether oxygens (including phenoxy) is 1. The van der Waals surface area contributed by atoms with Gasteiger partial charge in [-0.3, -0.25) is 0 Å². The van der Waals surface area contributed by atoms with Crippen LogP contribution >= 0.6 is 11.6 Å². The van der Waals surface area contributed by atoms with E-state index in [0.717, 1.165) is 0 Å². The number of halogens is 1. The van der Waals surface area contributed by atoms with Crippen LogP contribution in [0.2, 0.25) is 5.02 Å². The number of carboxylic acids is 1. The van der Waals surface area contributed by atoms with E-state index < -0.39 is 5.97 Å². The number of hydrogen-bond acceptors (Lipinski definition) is 4. The van der Waals surface area contributed by atoms with Gasteiger partial charge in [-0.25, -0.2) is 9.78 Å². The van der Waals surface area contributed by atoms with Crippen molar-refractivity contribution in [2.45, 2.75) is 26.1 Å². The van der Waals surface area contributed by atoms with Gasteiger partial charge in [0.25, 0.3) is 0 Å². The molecule has 0 aliphatic carbocycles. The summed E-state index contributed by atoms with van der Waals surface area (Å²) in [5.74, 6) is -0.420. The summed E-state index contributed by atoms with van der Waals surface area (Å²) in [6, 6.07) is 1.51. The van der Waals surface area contributed by atoms with Gasteiger partial charge in [0.15, 0.2) is 0 Å². The van der Waals surface area contributed by atoms with Crippen molar-refractivity contribution in [2.75, 3.05) is 18.0 Å². The molecule has 18 heavy (non-hydrogen) atoms. The minimum atomic E-state index is -1.04. The van der Waals surface area contributed by atoms with Gasteiger partial charge in [-0.15, -0.1) is 0 Å². The number of morpholine rings is 1. The molecule has 2 rings (SSSR count). The highest BCUT2D eigenvalue weighted by atomic mass is 35.5. The fourth-order valence-corrected chi connectivity index (χ4v) is 2.31. The van der Waals surface area contributed by atoms with E-state index in [1.807, 2.05) is 18.7 Å². The second-order valence-electron chi connectivity index (χ2n) is 4.49. The van der Waals surface area contributed by atoms with Gasteiger partial charge in [-0.1, -0.05) is 11.6 Å². The van der Waals surface area contributed by atoms with Gasteiger partial charge in [-0.2, -0.15) is 0 Å². The summed E-state index contributed by atoms with van der Waals surface area (Å²) in [5, 5.41) is 9.19. The third-order valence-corrected chi connectivity index (χ3v) is 3.12. The maximum atomic E-state index is 11.0. The van der Waals surface area contributed by atoms with Crippen LogP contribution in [0, 0.1) is 0 Å². The van der Waals surface area contributed by atoms with Gasteiger partial charge in [0.2, 0.25) is 0 Å². The number of hydrogen-bond donors (Lipinski definition) is 1. The predicted molar refractivity (Wildman–Crippen MR) is 68.4 cm³/mol. The number of aromatic nitrogens is 1. The standard InChI is InChI=1S/C12H15ClN2O3/c1-7-5-15(6-8(2)18-7)11-3-9(12(16)17)10(13)4-14-11/h3-4,7-8H,5-6H2,1-2H3,(H,16,17). The Labute approximate surface area is 110 Å². The van der Waals surface area contributed by atoms with Crippen LogP contribution in [-0.4, -0.2) is 41.4 Å². The fraction of sp³-hybridized carbons (Fsp3) is 0.500. The fourth-order valence-electron chi connectivity index (χ4n) is 2.13. The van der Waals surface area contributed by atoms with Crippen LogP contribution in [-0.2, 0) is 4.74 Å². The maximum Gasteiger partial charge on any atom is 0.337 e. The molecule has 1 aromatic rings. The second kappa shape index (κ2) is 5.12. The van der Waals surface area contributed by atoms with Crippen molar-refractivity contribution < 1.29 is 14.6 Å². The highest BCUT2D eigenvalue weighted by molar-refractivity contribution is 6.33. The van der Waals surface area contributed by atoms with Crippen LogP contribution in [0.1, 0.15) is 24.2 Å². The van der Waals surface area contributed by atoms with E-state index in [9.17, 15) is 4.79 Å². The number of anilines is 1. The first-order valence-corrected chi connectivity index (χ1v) is 6.14. The Balaban J connectivity index is 2.28. The highest BCUT2D eigenvalue weighted by Crippen LogP contribution is 2.23. The van der Waals surface area contributed by atoms with Gasteiger partial charge in [0, 0.05) is 19.3 Å². The number of nitrogens with zero attached hydrogens (tertiary/aromatic N) is 2. The number of aromatic carboxylic acids is 1. The van der Waals surface area contributed by atoms with Crippen molar-refractivity contribution in [1.82, 2.24) is 4.98 Å². The largest absolute Gasteiger partial charge is 0.478 e. The van der Waals surface area contributed by atoms with E-state index in [1.54, 1.807) is 0 Å². The molecular formula is C12H15ClN2O3. The van der Waals surface area contributed by atoms with Crippen LogP contribution in [0.25, 0.3) is 0 Å². The van der Waals surface area contributed by atoms with Gasteiger partial charge in [-0.05, 0) is 19.9 Å². The van der Waals surface area contributed by atoms with Crippen molar-refractivity contribution >= 4 is 23.4 Å². The lowest BCUT2D eigenvalue weighted by Gasteiger charge is -2.36. The van der Waals surface area contributed by atoms with Crippen molar-refractivity contribution in [3.8, 4) is 0 Å². The molecule has 1 aliphatic heterocycles. The van der Waals surface area contributed by atoms with Crippen LogP contribution in [0.3, 0.4) is 0 Å². The molecule has 1 aromatic heterocycles. The minimum Gasteiger partial charge on any atom is -0.478 e. The van der Waals surface area contributed by atoms with Crippen molar-refractivity contribution in [3.05, 3.63) is 22.8 Å². The first-order valence-electron chi connectivity index (χ1n) is 5.76. The van der Waals surface area contributed by atoms with Gasteiger partial charge in [0.05, 0.1) is 22.8 Å². The van der Waals surface area contributed by atoms with Gasteiger partial charge in [0.1, 0.15) is 5.82 Å². The Kier molecular flexibility index (Phi) is 3.73. The van der Waals surface area contributed by atoms with Gasteiger partial charge < -0.3 is 14.7 Å². The highest BCUT2D eigenvalue weighted by Gasteiger charge is 2.24. The van der Waals surface area contributed by atoms with E-state index in [1.165, 1.54) is 12.3 Å². The molecule has 0 radical (unpaired) electrons. The molecule has 98 valence electrons. The summed E-state index contributed by atoms with van der Waals surface area (Å²) in [5.41, 5.74) is 0.0773. The zero-order chi connectivity index (χ0) is 13.3. The van der Waals surface area contributed by atoms with E-state index in [2.05, 4.69) is 4.98 Å². The number of pyridine rings is 1. The molecular weight excluding hydrogens is 256 g/mol. The SMILES string of the molecule is CC1CN(c2cc(C(=O)O)c(Cl)cn2)CC(C)O1. The molecule has 0 amide bonds. The predicted octanol–water partition coefficient (Wildman–Crippen LogP) is 2.05. The van der Waals surface area contributed by atoms with E-state index in [0.29, 0.717) is 18.9 Å². The van der Waals surface area contributed by atoms with Crippen LogP contribution < -0.4 is 4.90 Å². The summed E-state index contributed by atoms with van der Waals surface area (Å²) < 4.78 is 5.63. The van der Waals surface area contributed by atoms with E-state index in [4.69, 9.17) is 21.4 Å². The average Bonchev–Trinajstić information content (AvgIpc) is 2.27. The zero-order valence-corrected chi connectivity index (χ0v) is 11.0. The van der Waals surface area contributed by atoms with E-state index >= 15 is 0 Å². The molecule has 2 unspecified atom stereocenters. The third-order valence-electron chi connectivity index (χ3n) is 2.81. The lowest BCUT2D eigenvalue weighted by Crippen LogP contribution is -2.45.